The van der Waals surface area contributed by atoms with E-state index >= 15 is 0 Å². The van der Waals surface area contributed by atoms with E-state index in [1.165, 1.54) is 6.42 Å². The highest BCUT2D eigenvalue weighted by atomic mass is 35.5. The lowest BCUT2D eigenvalue weighted by atomic mass is 9.85. The molecule has 0 bridgehead atoms. The van der Waals surface area contributed by atoms with Gasteiger partial charge in [-0.05, 0) is 42.2 Å². The third-order valence-corrected chi connectivity index (χ3v) is 7.75. The van der Waals surface area contributed by atoms with Gasteiger partial charge in [0.1, 0.15) is 12.6 Å². The number of benzene rings is 2. The van der Waals surface area contributed by atoms with Gasteiger partial charge in [0.05, 0.1) is 6.04 Å². The maximum absolute atomic E-state index is 13.8. The second kappa shape index (κ2) is 7.66. The van der Waals surface area contributed by atoms with Crippen molar-refractivity contribution in [1.29, 1.82) is 0 Å². The summed E-state index contributed by atoms with van der Waals surface area (Å²) in [4.78, 5) is 34.7. The Morgan fingerprint density at radius 1 is 0.938 bits per heavy atom. The minimum atomic E-state index is -0.467. The molecule has 1 N–H and O–H groups in total. The van der Waals surface area contributed by atoms with Crippen LogP contribution < -0.4 is 0 Å². The Morgan fingerprint density at radius 2 is 1.69 bits per heavy atom. The molecule has 0 radical (unpaired) electrons. The number of aromatic amines is 1. The summed E-state index contributed by atoms with van der Waals surface area (Å²) in [6.45, 7) is 0.180. The standard InChI is InChI=1S/C26H26ClN3O2/c27-17-12-10-16(11-13-17)25-24-20(19-8-4-5-9-21(19)28-24)14-22-26(32)29(15-23(31)30(22)25)18-6-2-1-3-7-18/h4-5,8-13,18,22,25,28H,1-3,6-7,14-15H2/t22-,25-/m0/s1. The first-order chi connectivity index (χ1) is 15.6. The molecule has 0 unspecified atom stereocenters. The van der Waals surface area contributed by atoms with Crippen molar-refractivity contribution in [3.05, 3.63) is 70.4 Å². The molecule has 2 aromatic carbocycles. The number of amides is 2. The minimum Gasteiger partial charge on any atom is -0.356 e. The van der Waals surface area contributed by atoms with Gasteiger partial charge in [-0.2, -0.15) is 0 Å². The van der Waals surface area contributed by atoms with Crippen LogP contribution in [0.3, 0.4) is 0 Å². The molecule has 1 saturated carbocycles. The number of carbonyl (C=O) groups is 2. The molecular formula is C26H26ClN3O2. The number of nitrogens with zero attached hydrogens (tertiary/aromatic N) is 2. The molecule has 3 aromatic rings. The number of nitrogens with one attached hydrogen (secondary N) is 1. The van der Waals surface area contributed by atoms with Crippen molar-refractivity contribution in [2.45, 2.75) is 56.7 Å². The zero-order valence-corrected chi connectivity index (χ0v) is 18.6. The first-order valence-electron chi connectivity index (χ1n) is 11.6. The van der Waals surface area contributed by atoms with E-state index in [-0.39, 0.29) is 30.4 Å². The van der Waals surface area contributed by atoms with Crippen molar-refractivity contribution in [3.8, 4) is 0 Å². The summed E-state index contributed by atoms with van der Waals surface area (Å²) in [6, 6.07) is 15.3. The number of piperazine rings is 1. The molecule has 5 nitrogen and oxygen atoms in total. The monoisotopic (exact) mass is 447 g/mol. The average molecular weight is 448 g/mol. The summed E-state index contributed by atoms with van der Waals surface area (Å²) in [6.07, 6.45) is 6.06. The molecule has 6 rings (SSSR count). The first kappa shape index (κ1) is 19.9. The summed E-state index contributed by atoms with van der Waals surface area (Å²) in [5.74, 6) is 0.135. The molecule has 32 heavy (non-hydrogen) atoms. The van der Waals surface area contributed by atoms with Crippen LogP contribution in [0.15, 0.2) is 48.5 Å². The van der Waals surface area contributed by atoms with Crippen LogP contribution in [-0.4, -0.2) is 45.2 Å². The van der Waals surface area contributed by atoms with E-state index in [9.17, 15) is 9.59 Å². The second-order valence-electron chi connectivity index (χ2n) is 9.30. The fourth-order valence-corrected chi connectivity index (χ4v) is 6.11. The summed E-state index contributed by atoms with van der Waals surface area (Å²) in [7, 11) is 0. The van der Waals surface area contributed by atoms with E-state index in [1.807, 2.05) is 46.2 Å². The number of rotatable bonds is 2. The SMILES string of the molecule is O=C1[C@@H]2Cc3c([nH]c4ccccc34)[C@H](c3ccc(Cl)cc3)N2C(=O)CN1C1CCCCC1. The topological polar surface area (TPSA) is 56.4 Å². The molecule has 2 aliphatic heterocycles. The van der Waals surface area contributed by atoms with Crippen LogP contribution in [0.25, 0.3) is 10.9 Å². The van der Waals surface area contributed by atoms with Gasteiger partial charge < -0.3 is 14.8 Å². The van der Waals surface area contributed by atoms with Gasteiger partial charge in [-0.15, -0.1) is 0 Å². The smallest absolute Gasteiger partial charge is 0.246 e. The van der Waals surface area contributed by atoms with E-state index in [1.54, 1.807) is 0 Å². The number of halogens is 1. The Balaban J connectivity index is 1.48. The van der Waals surface area contributed by atoms with E-state index in [4.69, 9.17) is 11.6 Å². The van der Waals surface area contributed by atoms with Crippen molar-refractivity contribution in [3.63, 3.8) is 0 Å². The van der Waals surface area contributed by atoms with Crippen LogP contribution in [0, 0.1) is 0 Å². The highest BCUT2D eigenvalue weighted by molar-refractivity contribution is 6.30. The van der Waals surface area contributed by atoms with E-state index in [0.717, 1.165) is 53.4 Å². The summed E-state index contributed by atoms with van der Waals surface area (Å²) >= 11 is 6.16. The molecule has 164 valence electrons. The molecular weight excluding hydrogens is 422 g/mol. The number of carbonyl (C=O) groups excluding carboxylic acids is 2. The normalized spacial score (nSPS) is 24.0. The van der Waals surface area contributed by atoms with Gasteiger partial charge in [0.15, 0.2) is 0 Å². The Hall–Kier alpha value is -2.79. The molecule has 0 spiro atoms. The molecule has 1 aromatic heterocycles. The molecule has 3 aliphatic rings. The van der Waals surface area contributed by atoms with Crippen molar-refractivity contribution >= 4 is 34.3 Å². The predicted molar refractivity (Wildman–Crippen MR) is 125 cm³/mol. The molecule has 3 heterocycles. The Labute approximate surface area is 192 Å². The van der Waals surface area contributed by atoms with Crippen LogP contribution >= 0.6 is 11.6 Å². The molecule has 6 heteroatoms. The van der Waals surface area contributed by atoms with Gasteiger partial charge in [-0.3, -0.25) is 9.59 Å². The van der Waals surface area contributed by atoms with Gasteiger partial charge >= 0.3 is 0 Å². The minimum absolute atomic E-state index is 0.0319. The molecule has 2 fully saturated rings. The number of fused-ring (bicyclic) bond motifs is 4. The maximum Gasteiger partial charge on any atom is 0.246 e. The lowest BCUT2D eigenvalue weighted by Gasteiger charge is -2.49. The Morgan fingerprint density at radius 3 is 2.47 bits per heavy atom. The third-order valence-electron chi connectivity index (χ3n) is 7.49. The van der Waals surface area contributed by atoms with Crippen LogP contribution in [0.4, 0.5) is 0 Å². The van der Waals surface area contributed by atoms with Gasteiger partial charge in [-0.1, -0.05) is 61.2 Å². The quantitative estimate of drug-likeness (QED) is 0.611. The lowest BCUT2D eigenvalue weighted by Crippen LogP contribution is -2.64. The Bertz CT molecular complexity index is 1200. The number of aromatic nitrogens is 1. The molecule has 1 saturated heterocycles. The summed E-state index contributed by atoms with van der Waals surface area (Å²) in [5.41, 5.74) is 4.17. The fraction of sp³-hybridized carbons (Fsp3) is 0.385. The van der Waals surface area contributed by atoms with Crippen molar-refractivity contribution in [2.75, 3.05) is 6.54 Å². The fourth-order valence-electron chi connectivity index (χ4n) is 5.98. The number of hydrogen-bond donors (Lipinski definition) is 1. The highest BCUT2D eigenvalue weighted by Crippen LogP contribution is 2.43. The Kier molecular flexibility index (Phi) is 4.76. The van der Waals surface area contributed by atoms with E-state index in [0.29, 0.717) is 11.4 Å². The highest BCUT2D eigenvalue weighted by Gasteiger charge is 2.49. The number of para-hydroxylation sites is 1. The number of H-pyrrole nitrogens is 1. The van der Waals surface area contributed by atoms with Crippen LogP contribution in [0.2, 0.25) is 5.02 Å². The maximum atomic E-state index is 13.8. The molecule has 2 atom stereocenters. The van der Waals surface area contributed by atoms with Crippen LogP contribution in [0.5, 0.6) is 0 Å². The van der Waals surface area contributed by atoms with E-state index < -0.39 is 6.04 Å². The first-order valence-corrected chi connectivity index (χ1v) is 12.0. The van der Waals surface area contributed by atoms with Crippen LogP contribution in [-0.2, 0) is 16.0 Å². The second-order valence-corrected chi connectivity index (χ2v) is 9.73. The third kappa shape index (κ3) is 3.06. The average Bonchev–Trinajstić information content (AvgIpc) is 3.20. The van der Waals surface area contributed by atoms with E-state index in [2.05, 4.69) is 17.1 Å². The van der Waals surface area contributed by atoms with Gasteiger partial charge in [0.25, 0.3) is 0 Å². The van der Waals surface area contributed by atoms with Gasteiger partial charge in [0, 0.05) is 34.1 Å². The predicted octanol–water partition coefficient (Wildman–Crippen LogP) is 4.84. The van der Waals surface area contributed by atoms with Crippen LogP contribution in [0.1, 0.15) is 55.0 Å². The lowest BCUT2D eigenvalue weighted by molar-refractivity contribution is -0.161. The zero-order valence-electron chi connectivity index (χ0n) is 17.9. The van der Waals surface area contributed by atoms with Crippen molar-refractivity contribution in [2.24, 2.45) is 0 Å². The zero-order chi connectivity index (χ0) is 21.8. The molecule has 2 amide bonds. The van der Waals surface area contributed by atoms with Gasteiger partial charge in [-0.25, -0.2) is 0 Å². The summed E-state index contributed by atoms with van der Waals surface area (Å²) < 4.78 is 0. The number of hydrogen-bond acceptors (Lipinski definition) is 2. The van der Waals surface area contributed by atoms with Crippen molar-refractivity contribution < 1.29 is 9.59 Å². The van der Waals surface area contributed by atoms with Gasteiger partial charge in [0.2, 0.25) is 11.8 Å². The van der Waals surface area contributed by atoms with Crippen molar-refractivity contribution in [1.82, 2.24) is 14.8 Å². The largest absolute Gasteiger partial charge is 0.356 e. The summed E-state index contributed by atoms with van der Waals surface area (Å²) in [5, 5.41) is 1.79. The molecule has 1 aliphatic carbocycles.